The van der Waals surface area contributed by atoms with Crippen LogP contribution in [0.5, 0.6) is 0 Å². The number of rotatable bonds is 13. The second kappa shape index (κ2) is 11.6. The summed E-state index contributed by atoms with van der Waals surface area (Å²) in [6.45, 7) is 15.4. The SMILES string of the molecule is CCCCC(CC)CC(NCCC)C(C)(CC)OCC. The first kappa shape index (κ1) is 19.9. The zero-order valence-corrected chi connectivity index (χ0v) is 14.9. The number of hydrogen-bond donors (Lipinski definition) is 1. The van der Waals surface area contributed by atoms with E-state index in [1.165, 1.54) is 38.5 Å². The molecule has 0 amide bonds. The Bertz CT molecular complexity index is 219. The fraction of sp³-hybridized carbons (Fsp3) is 1.00. The van der Waals surface area contributed by atoms with E-state index in [1.807, 2.05) is 0 Å². The van der Waals surface area contributed by atoms with Gasteiger partial charge in [-0.3, -0.25) is 0 Å². The third-order valence-corrected chi connectivity index (χ3v) is 4.67. The smallest absolute Gasteiger partial charge is 0.0804 e. The van der Waals surface area contributed by atoms with Crippen LogP contribution >= 0.6 is 0 Å². The van der Waals surface area contributed by atoms with E-state index in [2.05, 4.69) is 46.9 Å². The third-order valence-electron chi connectivity index (χ3n) is 4.67. The van der Waals surface area contributed by atoms with Crippen LogP contribution in [0.25, 0.3) is 0 Å². The van der Waals surface area contributed by atoms with E-state index in [0.717, 1.165) is 25.5 Å². The number of nitrogens with one attached hydrogen (secondary N) is 1. The molecule has 0 aromatic carbocycles. The molecule has 1 N–H and O–H groups in total. The van der Waals surface area contributed by atoms with Crippen LogP contribution in [-0.4, -0.2) is 24.8 Å². The van der Waals surface area contributed by atoms with E-state index in [9.17, 15) is 0 Å². The number of unbranched alkanes of at least 4 members (excludes halogenated alkanes) is 1. The highest BCUT2D eigenvalue weighted by molar-refractivity contribution is 4.90. The van der Waals surface area contributed by atoms with Gasteiger partial charge in [0, 0.05) is 12.6 Å². The van der Waals surface area contributed by atoms with Crippen LogP contribution < -0.4 is 5.32 Å². The second-order valence-electron chi connectivity index (χ2n) is 6.26. The average Bonchev–Trinajstić information content (AvgIpc) is 2.46. The van der Waals surface area contributed by atoms with Crippen LogP contribution in [0, 0.1) is 5.92 Å². The molecule has 0 bridgehead atoms. The summed E-state index contributed by atoms with van der Waals surface area (Å²) in [4.78, 5) is 0. The van der Waals surface area contributed by atoms with Crippen LogP contribution in [0.1, 0.15) is 86.5 Å². The largest absolute Gasteiger partial charge is 0.374 e. The van der Waals surface area contributed by atoms with E-state index in [0.29, 0.717) is 6.04 Å². The molecule has 20 heavy (non-hydrogen) atoms. The molecule has 3 unspecified atom stereocenters. The Balaban J connectivity index is 4.73. The van der Waals surface area contributed by atoms with Crippen molar-refractivity contribution in [3.8, 4) is 0 Å². The minimum Gasteiger partial charge on any atom is -0.374 e. The Hall–Kier alpha value is -0.0800. The van der Waals surface area contributed by atoms with Crippen molar-refractivity contribution in [1.29, 1.82) is 0 Å². The van der Waals surface area contributed by atoms with Crippen molar-refractivity contribution in [2.45, 2.75) is 98.1 Å². The van der Waals surface area contributed by atoms with Gasteiger partial charge in [0.05, 0.1) is 5.60 Å². The van der Waals surface area contributed by atoms with Gasteiger partial charge >= 0.3 is 0 Å². The molecule has 2 heteroatoms. The summed E-state index contributed by atoms with van der Waals surface area (Å²) in [5, 5.41) is 3.76. The summed E-state index contributed by atoms with van der Waals surface area (Å²) in [6, 6.07) is 0.481. The van der Waals surface area contributed by atoms with Crippen LogP contribution in [0.2, 0.25) is 0 Å². The molecule has 0 radical (unpaired) electrons. The van der Waals surface area contributed by atoms with Gasteiger partial charge in [-0.2, -0.15) is 0 Å². The molecule has 2 nitrogen and oxygen atoms in total. The Kier molecular flexibility index (Phi) is 11.5. The maximum Gasteiger partial charge on any atom is 0.0804 e. The predicted octanol–water partition coefficient (Wildman–Crippen LogP) is 5.17. The zero-order valence-electron chi connectivity index (χ0n) is 14.9. The quantitative estimate of drug-likeness (QED) is 0.504. The van der Waals surface area contributed by atoms with Crippen molar-refractivity contribution < 1.29 is 4.74 Å². The molecule has 0 aliphatic carbocycles. The maximum atomic E-state index is 6.13. The summed E-state index contributed by atoms with van der Waals surface area (Å²) in [5.41, 5.74) is -0.0243. The molecule has 0 spiro atoms. The molecule has 0 aromatic heterocycles. The lowest BCUT2D eigenvalue weighted by atomic mass is 9.83. The highest BCUT2D eigenvalue weighted by Gasteiger charge is 2.34. The molecule has 122 valence electrons. The summed E-state index contributed by atoms with van der Waals surface area (Å²) in [6.07, 6.45) is 8.83. The van der Waals surface area contributed by atoms with Crippen LogP contribution in [0.4, 0.5) is 0 Å². The van der Waals surface area contributed by atoms with Gasteiger partial charge in [-0.15, -0.1) is 0 Å². The fourth-order valence-electron chi connectivity index (χ4n) is 2.96. The molecular weight excluding hydrogens is 246 g/mol. The van der Waals surface area contributed by atoms with Gasteiger partial charge in [0.15, 0.2) is 0 Å². The molecule has 0 fully saturated rings. The van der Waals surface area contributed by atoms with Crippen molar-refractivity contribution in [3.05, 3.63) is 0 Å². The fourth-order valence-corrected chi connectivity index (χ4v) is 2.96. The molecule has 0 rings (SSSR count). The second-order valence-corrected chi connectivity index (χ2v) is 6.26. The summed E-state index contributed by atoms with van der Waals surface area (Å²) >= 11 is 0. The van der Waals surface area contributed by atoms with Gasteiger partial charge in [-0.05, 0) is 45.6 Å². The average molecular weight is 286 g/mol. The molecule has 3 atom stereocenters. The highest BCUT2D eigenvalue weighted by atomic mass is 16.5. The summed E-state index contributed by atoms with van der Waals surface area (Å²) in [5.74, 6) is 0.829. The van der Waals surface area contributed by atoms with Gasteiger partial charge in [0.2, 0.25) is 0 Å². The number of ether oxygens (including phenoxy) is 1. The normalized spacial score (nSPS) is 17.7. The summed E-state index contributed by atoms with van der Waals surface area (Å²) in [7, 11) is 0. The maximum absolute atomic E-state index is 6.13. The van der Waals surface area contributed by atoms with Crippen molar-refractivity contribution in [2.75, 3.05) is 13.2 Å². The van der Waals surface area contributed by atoms with Gasteiger partial charge in [-0.1, -0.05) is 53.4 Å². The Labute approximate surface area is 128 Å². The molecule has 0 aliphatic heterocycles. The van der Waals surface area contributed by atoms with E-state index in [-0.39, 0.29) is 5.60 Å². The minimum absolute atomic E-state index is 0.0243. The first-order valence-corrected chi connectivity index (χ1v) is 8.95. The van der Waals surface area contributed by atoms with Crippen LogP contribution in [0.3, 0.4) is 0 Å². The van der Waals surface area contributed by atoms with Crippen LogP contribution in [-0.2, 0) is 4.74 Å². The van der Waals surface area contributed by atoms with Gasteiger partial charge in [-0.25, -0.2) is 0 Å². The van der Waals surface area contributed by atoms with E-state index < -0.39 is 0 Å². The van der Waals surface area contributed by atoms with E-state index in [1.54, 1.807) is 0 Å². The van der Waals surface area contributed by atoms with Gasteiger partial charge in [0.1, 0.15) is 0 Å². The lowest BCUT2D eigenvalue weighted by Crippen LogP contribution is -2.51. The lowest BCUT2D eigenvalue weighted by Gasteiger charge is -2.39. The zero-order chi connectivity index (χ0) is 15.4. The Morgan fingerprint density at radius 1 is 1.05 bits per heavy atom. The lowest BCUT2D eigenvalue weighted by molar-refractivity contribution is -0.0606. The molecule has 0 aromatic rings. The molecule has 0 saturated heterocycles. The Morgan fingerprint density at radius 2 is 1.75 bits per heavy atom. The Morgan fingerprint density at radius 3 is 2.20 bits per heavy atom. The predicted molar refractivity (Wildman–Crippen MR) is 90.3 cm³/mol. The van der Waals surface area contributed by atoms with Crippen LogP contribution in [0.15, 0.2) is 0 Å². The van der Waals surface area contributed by atoms with Crippen molar-refractivity contribution in [2.24, 2.45) is 5.92 Å². The standard InChI is InChI=1S/C18H39NO/c1-7-12-13-16(9-3)15-17(19-14-8-2)18(6,10-4)20-11-5/h16-17,19H,7-15H2,1-6H3. The molecular formula is C18H39NO. The van der Waals surface area contributed by atoms with Crippen molar-refractivity contribution in [3.63, 3.8) is 0 Å². The first-order chi connectivity index (χ1) is 9.57. The third kappa shape index (κ3) is 7.08. The van der Waals surface area contributed by atoms with Gasteiger partial charge < -0.3 is 10.1 Å². The van der Waals surface area contributed by atoms with E-state index >= 15 is 0 Å². The minimum atomic E-state index is -0.0243. The molecule has 0 saturated carbocycles. The monoisotopic (exact) mass is 285 g/mol. The first-order valence-electron chi connectivity index (χ1n) is 8.95. The summed E-state index contributed by atoms with van der Waals surface area (Å²) < 4.78 is 6.13. The van der Waals surface area contributed by atoms with E-state index in [4.69, 9.17) is 4.74 Å². The molecule has 0 aliphatic rings. The van der Waals surface area contributed by atoms with Gasteiger partial charge in [0.25, 0.3) is 0 Å². The molecule has 0 heterocycles. The topological polar surface area (TPSA) is 21.3 Å². The van der Waals surface area contributed by atoms with Crippen molar-refractivity contribution in [1.82, 2.24) is 5.32 Å². The number of hydrogen-bond acceptors (Lipinski definition) is 2. The highest BCUT2D eigenvalue weighted by Crippen LogP contribution is 2.28. The van der Waals surface area contributed by atoms with Crippen molar-refractivity contribution >= 4 is 0 Å².